The number of aromatic nitrogens is 1. The van der Waals surface area contributed by atoms with E-state index in [0.717, 1.165) is 17.1 Å². The molecule has 0 spiro atoms. The smallest absolute Gasteiger partial charge is 0.273 e. The van der Waals surface area contributed by atoms with E-state index in [2.05, 4.69) is 10.5 Å². The van der Waals surface area contributed by atoms with E-state index >= 15 is 0 Å². The average molecular weight is 493 g/mol. The van der Waals surface area contributed by atoms with Crippen LogP contribution in [0.2, 0.25) is 5.02 Å². The fourth-order valence-corrected chi connectivity index (χ4v) is 3.94. The highest BCUT2D eigenvalue weighted by Crippen LogP contribution is 2.34. The van der Waals surface area contributed by atoms with Crippen LogP contribution in [-0.4, -0.2) is 28.7 Å². The Bertz CT molecular complexity index is 1430. The number of carbonyl (C=O) groups excluding carboxylic acids is 1. The molecule has 9 nitrogen and oxygen atoms in total. The van der Waals surface area contributed by atoms with E-state index in [0.29, 0.717) is 27.9 Å². The molecule has 1 N–H and O–H groups in total. The van der Waals surface area contributed by atoms with Crippen LogP contribution in [0, 0.1) is 24.0 Å². The molecule has 0 saturated heterocycles. The quantitative estimate of drug-likeness (QED) is 0.202. The molecule has 2 aromatic carbocycles. The van der Waals surface area contributed by atoms with Gasteiger partial charge in [0.25, 0.3) is 11.6 Å². The van der Waals surface area contributed by atoms with Gasteiger partial charge in [0.2, 0.25) is 0 Å². The number of hydrogen-bond donors (Lipinski definition) is 1. The largest absolute Gasteiger partial charge is 0.496 e. The molecule has 0 aliphatic rings. The highest BCUT2D eigenvalue weighted by atomic mass is 35.5. The third kappa shape index (κ3) is 4.95. The van der Waals surface area contributed by atoms with Gasteiger partial charge in [-0.05, 0) is 62.4 Å². The lowest BCUT2D eigenvalue weighted by Gasteiger charge is -2.11. The van der Waals surface area contributed by atoms with Gasteiger partial charge in [0.15, 0.2) is 0 Å². The highest BCUT2D eigenvalue weighted by Gasteiger charge is 2.16. The Balaban J connectivity index is 1.46. The summed E-state index contributed by atoms with van der Waals surface area (Å²) < 4.78 is 13.0. The van der Waals surface area contributed by atoms with Gasteiger partial charge >= 0.3 is 0 Å². The van der Waals surface area contributed by atoms with Gasteiger partial charge in [0.05, 0.1) is 40.5 Å². The standard InChI is InChI=1S/C25H21ClN4O5/c1-15-4-5-16(2)29(15)17-6-9-20(22(26)12-17)25(31)28-27-14-19-8-11-23(35-19)21-10-7-18(30(32)33)13-24(21)34-3/h4-14H,1-3H3,(H,28,31)/b27-14-. The average Bonchev–Trinajstić information content (AvgIpc) is 3.44. The molecule has 4 aromatic rings. The summed E-state index contributed by atoms with van der Waals surface area (Å²) in [5, 5.41) is 15.2. The lowest BCUT2D eigenvalue weighted by Crippen LogP contribution is -2.18. The SMILES string of the molecule is COc1cc([N+](=O)[O-])ccc1-c1ccc(/C=N\NC(=O)c2ccc(-n3c(C)ccc3C)cc2Cl)o1. The number of rotatable bonds is 7. The van der Waals surface area contributed by atoms with Gasteiger partial charge in [-0.2, -0.15) is 5.10 Å². The van der Waals surface area contributed by atoms with Crippen molar-refractivity contribution in [1.29, 1.82) is 0 Å². The van der Waals surface area contributed by atoms with Gasteiger partial charge in [-0.1, -0.05) is 11.6 Å². The maximum atomic E-state index is 12.6. The number of halogens is 1. The maximum Gasteiger partial charge on any atom is 0.273 e. The molecule has 1 amide bonds. The number of nitrogens with one attached hydrogen (secondary N) is 1. The zero-order valence-electron chi connectivity index (χ0n) is 19.1. The second-order valence-electron chi connectivity index (χ2n) is 7.66. The Hall–Kier alpha value is -4.37. The first-order valence-corrected chi connectivity index (χ1v) is 10.9. The van der Waals surface area contributed by atoms with Crippen molar-refractivity contribution in [2.75, 3.05) is 7.11 Å². The van der Waals surface area contributed by atoms with Crippen LogP contribution in [0.25, 0.3) is 17.0 Å². The number of hydrogen-bond acceptors (Lipinski definition) is 6. The van der Waals surface area contributed by atoms with Crippen LogP contribution in [0.4, 0.5) is 5.69 Å². The second kappa shape index (κ2) is 9.86. The summed E-state index contributed by atoms with van der Waals surface area (Å²) >= 11 is 6.37. The Labute approximate surface area is 205 Å². The van der Waals surface area contributed by atoms with E-state index in [1.165, 1.54) is 25.5 Å². The number of benzene rings is 2. The third-order valence-electron chi connectivity index (χ3n) is 5.37. The summed E-state index contributed by atoms with van der Waals surface area (Å²) in [6, 6.07) is 16.8. The van der Waals surface area contributed by atoms with Crippen LogP contribution in [0.1, 0.15) is 27.5 Å². The van der Waals surface area contributed by atoms with Crippen molar-refractivity contribution in [2.45, 2.75) is 13.8 Å². The van der Waals surface area contributed by atoms with Crippen molar-refractivity contribution < 1.29 is 18.9 Å². The minimum atomic E-state index is -0.502. The molecule has 178 valence electrons. The van der Waals surface area contributed by atoms with Gasteiger partial charge in [-0.3, -0.25) is 14.9 Å². The number of amides is 1. The predicted octanol–water partition coefficient (Wildman–Crippen LogP) is 5.69. The van der Waals surface area contributed by atoms with E-state index in [1.54, 1.807) is 30.3 Å². The number of nitro groups is 1. The minimum absolute atomic E-state index is 0.0908. The summed E-state index contributed by atoms with van der Waals surface area (Å²) in [4.78, 5) is 23.0. The first-order valence-electron chi connectivity index (χ1n) is 10.5. The monoisotopic (exact) mass is 492 g/mol. The van der Waals surface area contributed by atoms with Crippen molar-refractivity contribution in [1.82, 2.24) is 9.99 Å². The number of aryl methyl sites for hydroxylation is 2. The Morgan fingerprint density at radius 1 is 1.11 bits per heavy atom. The Kier molecular flexibility index (Phi) is 6.70. The molecule has 0 bridgehead atoms. The fourth-order valence-electron chi connectivity index (χ4n) is 3.68. The number of hydrazone groups is 1. The van der Waals surface area contributed by atoms with Crippen LogP contribution < -0.4 is 10.2 Å². The molecule has 0 radical (unpaired) electrons. The number of carbonyl (C=O) groups is 1. The van der Waals surface area contributed by atoms with Crippen LogP contribution in [-0.2, 0) is 0 Å². The van der Waals surface area contributed by atoms with Crippen molar-refractivity contribution >= 4 is 29.4 Å². The maximum absolute atomic E-state index is 12.6. The van der Waals surface area contributed by atoms with E-state index in [1.807, 2.05) is 36.6 Å². The van der Waals surface area contributed by atoms with Crippen LogP contribution in [0.5, 0.6) is 5.75 Å². The fraction of sp³-hybridized carbons (Fsp3) is 0.120. The van der Waals surface area contributed by atoms with E-state index in [-0.39, 0.29) is 11.3 Å². The van der Waals surface area contributed by atoms with Gasteiger partial charge in [0, 0.05) is 23.1 Å². The molecule has 2 aromatic heterocycles. The number of non-ortho nitro benzene ring substituents is 1. The molecule has 0 aliphatic heterocycles. The zero-order valence-corrected chi connectivity index (χ0v) is 19.9. The first-order chi connectivity index (χ1) is 16.8. The molecule has 35 heavy (non-hydrogen) atoms. The van der Waals surface area contributed by atoms with E-state index in [9.17, 15) is 14.9 Å². The molecular formula is C25H21ClN4O5. The predicted molar refractivity (Wildman–Crippen MR) is 133 cm³/mol. The molecule has 0 saturated carbocycles. The Morgan fingerprint density at radius 3 is 2.51 bits per heavy atom. The van der Waals surface area contributed by atoms with Crippen LogP contribution >= 0.6 is 11.6 Å². The zero-order chi connectivity index (χ0) is 25.1. The van der Waals surface area contributed by atoms with E-state index < -0.39 is 10.8 Å². The molecule has 0 atom stereocenters. The first kappa shape index (κ1) is 23.8. The van der Waals surface area contributed by atoms with Crippen LogP contribution in [0.3, 0.4) is 0 Å². The third-order valence-corrected chi connectivity index (χ3v) is 5.69. The number of furan rings is 1. The second-order valence-corrected chi connectivity index (χ2v) is 8.07. The van der Waals surface area contributed by atoms with Gasteiger partial charge in [-0.25, -0.2) is 5.43 Å². The van der Waals surface area contributed by atoms with Gasteiger partial charge in [0.1, 0.15) is 17.3 Å². The summed E-state index contributed by atoms with van der Waals surface area (Å²) in [5.41, 5.74) is 6.15. The lowest BCUT2D eigenvalue weighted by molar-refractivity contribution is -0.384. The lowest BCUT2D eigenvalue weighted by atomic mass is 10.1. The van der Waals surface area contributed by atoms with Gasteiger partial charge in [-0.15, -0.1) is 0 Å². The molecular weight excluding hydrogens is 472 g/mol. The molecule has 10 heteroatoms. The number of nitrogens with zero attached hydrogens (tertiary/aromatic N) is 3. The minimum Gasteiger partial charge on any atom is -0.496 e. The van der Waals surface area contributed by atoms with Crippen molar-refractivity contribution in [3.63, 3.8) is 0 Å². The molecule has 0 unspecified atom stereocenters. The van der Waals surface area contributed by atoms with Crippen molar-refractivity contribution in [2.24, 2.45) is 5.10 Å². The summed E-state index contributed by atoms with van der Waals surface area (Å²) in [6.07, 6.45) is 1.34. The molecule has 4 rings (SSSR count). The van der Waals surface area contributed by atoms with E-state index in [4.69, 9.17) is 20.8 Å². The molecule has 0 aliphatic carbocycles. The number of ether oxygens (including phenoxy) is 1. The summed E-state index contributed by atoms with van der Waals surface area (Å²) in [6.45, 7) is 3.99. The number of nitro benzene ring substituents is 1. The van der Waals surface area contributed by atoms with Gasteiger partial charge < -0.3 is 13.7 Å². The summed E-state index contributed by atoms with van der Waals surface area (Å²) in [5.74, 6) is 0.621. The van der Waals surface area contributed by atoms with Crippen LogP contribution in [0.15, 0.2) is 70.2 Å². The van der Waals surface area contributed by atoms with Crippen molar-refractivity contribution in [3.8, 4) is 22.8 Å². The molecule has 0 fully saturated rings. The topological polar surface area (TPSA) is 112 Å². The number of methoxy groups -OCH3 is 1. The van der Waals surface area contributed by atoms with Crippen molar-refractivity contribution in [3.05, 3.63) is 98.5 Å². The highest BCUT2D eigenvalue weighted by molar-refractivity contribution is 6.34. The normalized spacial score (nSPS) is 11.1. The summed E-state index contributed by atoms with van der Waals surface area (Å²) in [7, 11) is 1.42. The molecule has 2 heterocycles. The Morgan fingerprint density at radius 2 is 1.86 bits per heavy atom.